The summed E-state index contributed by atoms with van der Waals surface area (Å²) >= 11 is 1.34. The molecule has 1 aliphatic rings. The number of rotatable bonds is 3. The first kappa shape index (κ1) is 16.7. The van der Waals surface area contributed by atoms with E-state index in [1.54, 1.807) is 18.3 Å². The molecular formula is C18H16N2O5S. The van der Waals surface area contributed by atoms with E-state index in [0.717, 1.165) is 11.1 Å². The SMILES string of the molecule is COC(=O)c1ccc(-c2csc3c(=O)cc(N4CCOCC4)oc23)cn1. The van der Waals surface area contributed by atoms with Crippen LogP contribution in [0.5, 0.6) is 0 Å². The van der Waals surface area contributed by atoms with Crippen molar-refractivity contribution in [1.29, 1.82) is 0 Å². The molecule has 3 aromatic heterocycles. The molecule has 8 heteroatoms. The number of anilines is 1. The summed E-state index contributed by atoms with van der Waals surface area (Å²) in [4.78, 5) is 30.1. The molecule has 7 nitrogen and oxygen atoms in total. The Kier molecular flexibility index (Phi) is 4.44. The topological polar surface area (TPSA) is 81.9 Å². The van der Waals surface area contributed by atoms with Gasteiger partial charge in [-0.2, -0.15) is 0 Å². The first-order valence-corrected chi connectivity index (χ1v) is 8.98. The van der Waals surface area contributed by atoms with E-state index < -0.39 is 5.97 Å². The monoisotopic (exact) mass is 372 g/mol. The number of carbonyl (C=O) groups is 1. The van der Waals surface area contributed by atoms with Crippen LogP contribution in [0.4, 0.5) is 5.88 Å². The molecule has 0 spiro atoms. The van der Waals surface area contributed by atoms with Crippen molar-refractivity contribution < 1.29 is 18.7 Å². The van der Waals surface area contributed by atoms with Crippen LogP contribution in [0.3, 0.4) is 0 Å². The van der Waals surface area contributed by atoms with Gasteiger partial charge in [0.15, 0.2) is 11.5 Å². The van der Waals surface area contributed by atoms with E-state index in [9.17, 15) is 9.59 Å². The molecule has 0 N–H and O–H groups in total. The fourth-order valence-corrected chi connectivity index (χ4v) is 3.76. The van der Waals surface area contributed by atoms with Gasteiger partial charge in [0.05, 0.1) is 20.3 Å². The molecule has 0 amide bonds. The molecule has 4 rings (SSSR count). The maximum absolute atomic E-state index is 12.5. The minimum Gasteiger partial charge on any atom is -0.464 e. The van der Waals surface area contributed by atoms with Gasteiger partial charge in [0, 0.05) is 41.9 Å². The average molecular weight is 372 g/mol. The third-order valence-corrected chi connectivity index (χ3v) is 5.20. The highest BCUT2D eigenvalue weighted by molar-refractivity contribution is 7.17. The van der Waals surface area contributed by atoms with Crippen LogP contribution < -0.4 is 10.3 Å². The number of carbonyl (C=O) groups excluding carboxylic acids is 1. The van der Waals surface area contributed by atoms with Gasteiger partial charge in [-0.05, 0) is 6.07 Å². The maximum atomic E-state index is 12.5. The van der Waals surface area contributed by atoms with Crippen molar-refractivity contribution in [2.24, 2.45) is 0 Å². The maximum Gasteiger partial charge on any atom is 0.356 e. The highest BCUT2D eigenvalue weighted by Gasteiger charge is 2.19. The summed E-state index contributed by atoms with van der Waals surface area (Å²) in [5, 5.41) is 1.87. The molecule has 1 fully saturated rings. The minimum atomic E-state index is -0.493. The molecule has 0 atom stereocenters. The van der Waals surface area contributed by atoms with Gasteiger partial charge >= 0.3 is 5.97 Å². The third-order valence-electron chi connectivity index (χ3n) is 4.22. The van der Waals surface area contributed by atoms with E-state index in [2.05, 4.69) is 9.72 Å². The largest absolute Gasteiger partial charge is 0.464 e. The second-order valence-electron chi connectivity index (χ2n) is 5.78. The Balaban J connectivity index is 1.77. The first-order chi connectivity index (χ1) is 12.7. The normalized spacial score (nSPS) is 14.6. The van der Waals surface area contributed by atoms with Gasteiger partial charge in [0.1, 0.15) is 10.4 Å². The number of aromatic nitrogens is 1. The number of methoxy groups -OCH3 is 1. The van der Waals surface area contributed by atoms with Gasteiger partial charge in [0.2, 0.25) is 5.43 Å². The lowest BCUT2D eigenvalue weighted by Crippen LogP contribution is -2.36. The molecule has 4 heterocycles. The van der Waals surface area contributed by atoms with Crippen molar-refractivity contribution in [3.63, 3.8) is 0 Å². The smallest absolute Gasteiger partial charge is 0.356 e. The minimum absolute atomic E-state index is 0.0665. The number of pyridine rings is 1. The van der Waals surface area contributed by atoms with Crippen LogP contribution in [0, 0.1) is 0 Å². The van der Waals surface area contributed by atoms with E-state index in [0.29, 0.717) is 42.5 Å². The van der Waals surface area contributed by atoms with E-state index in [1.165, 1.54) is 24.5 Å². The van der Waals surface area contributed by atoms with Gasteiger partial charge in [-0.15, -0.1) is 11.3 Å². The van der Waals surface area contributed by atoms with Crippen LogP contribution in [0.25, 0.3) is 21.4 Å². The van der Waals surface area contributed by atoms with E-state index in [-0.39, 0.29) is 11.1 Å². The molecule has 0 radical (unpaired) electrons. The summed E-state index contributed by atoms with van der Waals surface area (Å²) < 4.78 is 16.6. The second kappa shape index (κ2) is 6.89. The van der Waals surface area contributed by atoms with Crippen molar-refractivity contribution in [2.75, 3.05) is 38.3 Å². The molecule has 3 aromatic rings. The van der Waals surface area contributed by atoms with Crippen LogP contribution >= 0.6 is 11.3 Å². The van der Waals surface area contributed by atoms with Crippen LogP contribution in [-0.4, -0.2) is 44.4 Å². The number of hydrogen-bond donors (Lipinski definition) is 0. The predicted octanol–water partition coefficient (Wildman–Crippen LogP) is 2.54. The fraction of sp³-hybridized carbons (Fsp3) is 0.278. The molecule has 1 saturated heterocycles. The summed E-state index contributed by atoms with van der Waals surface area (Å²) in [5.74, 6) is 0.0532. The summed E-state index contributed by atoms with van der Waals surface area (Å²) in [6.07, 6.45) is 1.58. The Morgan fingerprint density at radius 1 is 1.31 bits per heavy atom. The lowest BCUT2D eigenvalue weighted by Gasteiger charge is -2.27. The van der Waals surface area contributed by atoms with Crippen LogP contribution in [0.1, 0.15) is 10.5 Å². The number of ether oxygens (including phenoxy) is 2. The summed E-state index contributed by atoms with van der Waals surface area (Å²) in [7, 11) is 1.31. The number of thiophene rings is 1. The van der Waals surface area contributed by atoms with Gasteiger partial charge in [-0.25, -0.2) is 9.78 Å². The number of esters is 1. The summed E-state index contributed by atoms with van der Waals surface area (Å²) in [6.45, 7) is 2.58. The predicted molar refractivity (Wildman–Crippen MR) is 98.0 cm³/mol. The Hall–Kier alpha value is -2.71. The average Bonchev–Trinajstić information content (AvgIpc) is 3.13. The Labute approximate surface area is 152 Å². The zero-order valence-corrected chi connectivity index (χ0v) is 14.9. The van der Waals surface area contributed by atoms with Crippen LogP contribution in [-0.2, 0) is 9.47 Å². The van der Waals surface area contributed by atoms with Gasteiger partial charge < -0.3 is 18.8 Å². The molecule has 0 bridgehead atoms. The van der Waals surface area contributed by atoms with Gasteiger partial charge in [-0.1, -0.05) is 6.07 Å². The molecular weight excluding hydrogens is 356 g/mol. The van der Waals surface area contributed by atoms with E-state index >= 15 is 0 Å². The molecule has 1 aliphatic heterocycles. The Morgan fingerprint density at radius 3 is 2.81 bits per heavy atom. The zero-order valence-electron chi connectivity index (χ0n) is 14.1. The second-order valence-corrected chi connectivity index (χ2v) is 6.66. The highest BCUT2D eigenvalue weighted by Crippen LogP contribution is 2.34. The van der Waals surface area contributed by atoms with E-state index in [1.807, 2.05) is 10.3 Å². The van der Waals surface area contributed by atoms with Crippen molar-refractivity contribution in [3.05, 3.63) is 45.7 Å². The highest BCUT2D eigenvalue weighted by atomic mass is 32.1. The fourth-order valence-electron chi connectivity index (χ4n) is 2.85. The van der Waals surface area contributed by atoms with Crippen molar-refractivity contribution >= 4 is 33.5 Å². The number of hydrogen-bond acceptors (Lipinski definition) is 8. The molecule has 0 aromatic carbocycles. The van der Waals surface area contributed by atoms with Gasteiger partial charge in [-0.3, -0.25) is 4.79 Å². The van der Waals surface area contributed by atoms with Gasteiger partial charge in [0.25, 0.3) is 0 Å². The summed E-state index contributed by atoms with van der Waals surface area (Å²) in [5.41, 5.74) is 2.25. The lowest BCUT2D eigenvalue weighted by atomic mass is 10.1. The lowest BCUT2D eigenvalue weighted by molar-refractivity contribution is 0.0594. The number of fused-ring (bicyclic) bond motifs is 1. The van der Waals surface area contributed by atoms with E-state index in [4.69, 9.17) is 9.15 Å². The number of morpholine rings is 1. The number of nitrogens with zero attached hydrogens (tertiary/aromatic N) is 2. The van der Waals surface area contributed by atoms with Crippen LogP contribution in [0.2, 0.25) is 0 Å². The van der Waals surface area contributed by atoms with Crippen molar-refractivity contribution in [1.82, 2.24) is 4.98 Å². The summed E-state index contributed by atoms with van der Waals surface area (Å²) in [6, 6.07) is 4.89. The van der Waals surface area contributed by atoms with Crippen LogP contribution in [0.15, 0.2) is 39.0 Å². The Bertz CT molecular complexity index is 1000. The van der Waals surface area contributed by atoms with Crippen molar-refractivity contribution in [2.45, 2.75) is 0 Å². The zero-order chi connectivity index (χ0) is 18.1. The Morgan fingerprint density at radius 2 is 2.12 bits per heavy atom. The molecule has 0 unspecified atom stereocenters. The molecule has 26 heavy (non-hydrogen) atoms. The van der Waals surface area contributed by atoms with Crippen molar-refractivity contribution in [3.8, 4) is 11.1 Å². The quantitative estimate of drug-likeness (QED) is 0.654. The molecule has 0 saturated carbocycles. The first-order valence-electron chi connectivity index (χ1n) is 8.10. The standard InChI is InChI=1S/C18H16N2O5S/c1-23-18(22)13-3-2-11(9-19-13)12-10-26-17-14(21)8-15(25-16(12)17)20-4-6-24-7-5-20/h2-3,8-10H,4-7H2,1H3. The molecule has 134 valence electrons. The molecule has 0 aliphatic carbocycles. The third kappa shape index (κ3) is 2.97.